The second-order valence-electron chi connectivity index (χ2n) is 4.04. The van der Waals surface area contributed by atoms with Gasteiger partial charge in [0.25, 0.3) is 0 Å². The second-order valence-corrected chi connectivity index (χ2v) is 5.19. The summed E-state index contributed by atoms with van der Waals surface area (Å²) in [4.78, 5) is 0. The Balaban J connectivity index is 1.81. The van der Waals surface area contributed by atoms with Crippen molar-refractivity contribution < 1.29 is 4.74 Å². The fourth-order valence-electron chi connectivity index (χ4n) is 1.58. The van der Waals surface area contributed by atoms with Gasteiger partial charge in [0.05, 0.1) is 6.61 Å². The molecule has 4 nitrogen and oxygen atoms in total. The number of nitrogens with two attached hydrogens (primary N) is 1. The Bertz CT molecular complexity index is 498. The minimum atomic E-state index is 0.619. The summed E-state index contributed by atoms with van der Waals surface area (Å²) in [5.41, 5.74) is 6.68. The first-order chi connectivity index (χ1) is 8.78. The number of ether oxygens (including phenoxy) is 1. The summed E-state index contributed by atoms with van der Waals surface area (Å²) >= 11 is 1.61. The van der Waals surface area contributed by atoms with E-state index in [4.69, 9.17) is 10.5 Å². The van der Waals surface area contributed by atoms with Crippen molar-refractivity contribution in [3.8, 4) is 5.75 Å². The van der Waals surface area contributed by atoms with Crippen LogP contribution in [0.15, 0.2) is 24.3 Å². The Morgan fingerprint density at radius 1 is 1.22 bits per heavy atom. The summed E-state index contributed by atoms with van der Waals surface area (Å²) in [7, 11) is 0. The van der Waals surface area contributed by atoms with Gasteiger partial charge in [0.15, 0.2) is 0 Å². The van der Waals surface area contributed by atoms with E-state index >= 15 is 0 Å². The first-order valence-electron chi connectivity index (χ1n) is 5.98. The summed E-state index contributed by atoms with van der Waals surface area (Å²) in [6, 6.07) is 8.04. The maximum Gasteiger partial charge on any atom is 0.120 e. The maximum absolute atomic E-state index is 5.67. The molecular weight excluding hydrogens is 246 g/mol. The van der Waals surface area contributed by atoms with E-state index in [0.717, 1.165) is 28.6 Å². The summed E-state index contributed by atoms with van der Waals surface area (Å²) in [6.45, 7) is 3.30. The van der Waals surface area contributed by atoms with Gasteiger partial charge < -0.3 is 10.5 Å². The molecule has 0 radical (unpaired) electrons. The number of nitrogens with zero attached hydrogens (tertiary/aromatic N) is 2. The molecule has 0 amide bonds. The van der Waals surface area contributed by atoms with Crippen molar-refractivity contribution in [2.24, 2.45) is 5.73 Å². The molecule has 5 heteroatoms. The average molecular weight is 263 g/mol. The molecule has 18 heavy (non-hydrogen) atoms. The summed E-state index contributed by atoms with van der Waals surface area (Å²) in [5.74, 6) is 0.904. The summed E-state index contributed by atoms with van der Waals surface area (Å²) in [6.07, 6.45) is 1.59. The molecule has 0 aliphatic rings. The Morgan fingerprint density at radius 2 is 2.00 bits per heavy atom. The predicted molar refractivity (Wildman–Crippen MR) is 73.0 cm³/mol. The van der Waals surface area contributed by atoms with Crippen LogP contribution in [0.1, 0.15) is 15.6 Å². The van der Waals surface area contributed by atoms with Crippen LogP contribution < -0.4 is 10.5 Å². The van der Waals surface area contributed by atoms with E-state index in [2.05, 4.69) is 23.2 Å². The van der Waals surface area contributed by atoms with Crippen molar-refractivity contribution in [2.45, 2.75) is 19.8 Å². The van der Waals surface area contributed by atoms with Crippen LogP contribution in [-0.4, -0.2) is 23.3 Å². The second kappa shape index (κ2) is 6.47. The van der Waals surface area contributed by atoms with Gasteiger partial charge in [-0.15, -0.1) is 21.5 Å². The third-order valence-corrected chi connectivity index (χ3v) is 3.48. The predicted octanol–water partition coefficient (Wildman–Crippen LogP) is 1.97. The van der Waals surface area contributed by atoms with E-state index in [1.807, 2.05) is 18.2 Å². The zero-order chi connectivity index (χ0) is 12.8. The van der Waals surface area contributed by atoms with Gasteiger partial charge in [-0.05, 0) is 31.2 Å². The molecule has 96 valence electrons. The SMILES string of the molecule is Cc1cccc(OCCc2nnc(CCN)s2)c1. The van der Waals surface area contributed by atoms with Gasteiger partial charge in [0, 0.05) is 12.8 Å². The molecule has 2 rings (SSSR count). The minimum absolute atomic E-state index is 0.619. The van der Waals surface area contributed by atoms with Gasteiger partial charge in [-0.2, -0.15) is 0 Å². The molecule has 0 spiro atoms. The highest BCUT2D eigenvalue weighted by atomic mass is 32.1. The smallest absolute Gasteiger partial charge is 0.120 e. The average Bonchev–Trinajstić information content (AvgIpc) is 2.78. The Morgan fingerprint density at radius 3 is 2.72 bits per heavy atom. The Hall–Kier alpha value is -1.46. The standard InChI is InChI=1S/C13H17N3OS/c1-10-3-2-4-11(9-10)17-8-6-13-16-15-12(18-13)5-7-14/h2-4,9H,5-8,14H2,1H3. The lowest BCUT2D eigenvalue weighted by atomic mass is 10.2. The van der Waals surface area contributed by atoms with Crippen molar-refractivity contribution in [1.29, 1.82) is 0 Å². The van der Waals surface area contributed by atoms with Gasteiger partial charge in [0.1, 0.15) is 15.8 Å². The molecule has 0 saturated heterocycles. The zero-order valence-corrected chi connectivity index (χ0v) is 11.2. The van der Waals surface area contributed by atoms with Crippen LogP contribution in [-0.2, 0) is 12.8 Å². The van der Waals surface area contributed by atoms with E-state index in [0.29, 0.717) is 13.2 Å². The molecule has 2 aromatic rings. The summed E-state index contributed by atoms with van der Waals surface area (Å²) in [5, 5.41) is 10.2. The normalized spacial score (nSPS) is 10.6. The molecule has 0 bridgehead atoms. The highest BCUT2D eigenvalue weighted by Gasteiger charge is 2.03. The Labute approximate surface area is 111 Å². The van der Waals surface area contributed by atoms with Crippen molar-refractivity contribution in [2.75, 3.05) is 13.2 Å². The van der Waals surface area contributed by atoms with Crippen LogP contribution in [0.5, 0.6) is 5.75 Å². The molecule has 0 saturated carbocycles. The van der Waals surface area contributed by atoms with Crippen LogP contribution in [0.4, 0.5) is 0 Å². The lowest BCUT2D eigenvalue weighted by Gasteiger charge is -2.04. The van der Waals surface area contributed by atoms with Crippen molar-refractivity contribution in [3.05, 3.63) is 39.8 Å². The van der Waals surface area contributed by atoms with Crippen LogP contribution >= 0.6 is 11.3 Å². The van der Waals surface area contributed by atoms with E-state index in [1.165, 1.54) is 5.56 Å². The number of hydrogen-bond donors (Lipinski definition) is 1. The number of aryl methyl sites for hydroxylation is 1. The molecule has 0 aliphatic heterocycles. The molecule has 1 aromatic heterocycles. The van der Waals surface area contributed by atoms with E-state index in [-0.39, 0.29) is 0 Å². The first kappa shape index (κ1) is 13.0. The van der Waals surface area contributed by atoms with E-state index in [9.17, 15) is 0 Å². The van der Waals surface area contributed by atoms with Gasteiger partial charge in [-0.1, -0.05) is 12.1 Å². The molecule has 0 atom stereocenters. The molecule has 0 aliphatic carbocycles. The fraction of sp³-hybridized carbons (Fsp3) is 0.385. The lowest BCUT2D eigenvalue weighted by molar-refractivity contribution is 0.321. The number of benzene rings is 1. The van der Waals surface area contributed by atoms with Crippen LogP contribution in [0.3, 0.4) is 0 Å². The van der Waals surface area contributed by atoms with Crippen LogP contribution in [0.2, 0.25) is 0 Å². The van der Waals surface area contributed by atoms with Gasteiger partial charge in [-0.25, -0.2) is 0 Å². The zero-order valence-electron chi connectivity index (χ0n) is 10.4. The molecule has 0 unspecified atom stereocenters. The minimum Gasteiger partial charge on any atom is -0.493 e. The largest absolute Gasteiger partial charge is 0.493 e. The number of hydrogen-bond acceptors (Lipinski definition) is 5. The van der Waals surface area contributed by atoms with Crippen molar-refractivity contribution in [1.82, 2.24) is 10.2 Å². The monoisotopic (exact) mass is 263 g/mol. The third-order valence-electron chi connectivity index (χ3n) is 2.44. The van der Waals surface area contributed by atoms with Crippen LogP contribution in [0, 0.1) is 6.92 Å². The highest BCUT2D eigenvalue weighted by molar-refractivity contribution is 7.11. The third kappa shape index (κ3) is 3.78. The summed E-state index contributed by atoms with van der Waals surface area (Å²) < 4.78 is 5.67. The first-order valence-corrected chi connectivity index (χ1v) is 6.80. The molecule has 0 fully saturated rings. The maximum atomic E-state index is 5.67. The van der Waals surface area contributed by atoms with Crippen LogP contribution in [0.25, 0.3) is 0 Å². The molecular formula is C13H17N3OS. The van der Waals surface area contributed by atoms with Crippen molar-refractivity contribution >= 4 is 11.3 Å². The highest BCUT2D eigenvalue weighted by Crippen LogP contribution is 2.14. The van der Waals surface area contributed by atoms with Gasteiger partial charge in [0.2, 0.25) is 0 Å². The Kier molecular flexibility index (Phi) is 4.66. The quantitative estimate of drug-likeness (QED) is 0.865. The van der Waals surface area contributed by atoms with E-state index < -0.39 is 0 Å². The van der Waals surface area contributed by atoms with Gasteiger partial charge >= 0.3 is 0 Å². The molecule has 1 heterocycles. The van der Waals surface area contributed by atoms with E-state index in [1.54, 1.807) is 11.3 Å². The number of rotatable bonds is 6. The topological polar surface area (TPSA) is 61.0 Å². The molecule has 1 aromatic carbocycles. The molecule has 2 N–H and O–H groups in total. The lowest BCUT2D eigenvalue weighted by Crippen LogP contribution is -2.01. The van der Waals surface area contributed by atoms with Crippen molar-refractivity contribution in [3.63, 3.8) is 0 Å². The fourth-order valence-corrected chi connectivity index (χ4v) is 2.42. The number of aromatic nitrogens is 2. The van der Waals surface area contributed by atoms with Gasteiger partial charge in [-0.3, -0.25) is 0 Å².